The molecule has 1 heterocycles. The molecule has 3 rings (SSSR count). The van der Waals surface area contributed by atoms with Crippen molar-refractivity contribution in [3.63, 3.8) is 0 Å². The molecule has 122 valence electrons. The van der Waals surface area contributed by atoms with Crippen LogP contribution in [0.5, 0.6) is 5.75 Å². The monoisotopic (exact) mass is 321 g/mol. The first-order chi connectivity index (χ1) is 11.7. The van der Waals surface area contributed by atoms with E-state index in [0.717, 1.165) is 12.1 Å². The van der Waals surface area contributed by atoms with Crippen molar-refractivity contribution in [3.05, 3.63) is 83.9 Å². The molecule has 24 heavy (non-hydrogen) atoms. The molecule has 3 aromatic rings. The molecule has 2 aromatic carbocycles. The maximum absolute atomic E-state index is 12.2. The standard InChI is InChI=1S/C19H19N3O2/c1-24-18-4-2-3-17(11-18)19(23)21-12-15-5-7-16(8-6-15)13-22-10-9-20-14-22/h2-11,14H,12-13H2,1H3,(H,21,23). The van der Waals surface area contributed by atoms with E-state index < -0.39 is 0 Å². The number of ether oxygens (including phenoxy) is 1. The van der Waals surface area contributed by atoms with Gasteiger partial charge in [0.05, 0.1) is 13.4 Å². The van der Waals surface area contributed by atoms with Gasteiger partial charge in [-0.15, -0.1) is 0 Å². The molecular formula is C19H19N3O2. The first-order valence-electron chi connectivity index (χ1n) is 7.70. The second-order valence-corrected chi connectivity index (χ2v) is 5.47. The van der Waals surface area contributed by atoms with E-state index in [1.807, 2.05) is 29.0 Å². The van der Waals surface area contributed by atoms with Crippen LogP contribution in [0.15, 0.2) is 67.3 Å². The van der Waals surface area contributed by atoms with Crippen LogP contribution in [0.1, 0.15) is 21.5 Å². The zero-order valence-corrected chi connectivity index (χ0v) is 13.5. The van der Waals surface area contributed by atoms with Crippen molar-refractivity contribution in [3.8, 4) is 5.75 Å². The number of hydrogen-bond acceptors (Lipinski definition) is 3. The highest BCUT2D eigenvalue weighted by atomic mass is 16.5. The Morgan fingerprint density at radius 3 is 2.67 bits per heavy atom. The van der Waals surface area contributed by atoms with Crippen LogP contribution in [0.4, 0.5) is 0 Å². The maximum Gasteiger partial charge on any atom is 0.251 e. The van der Waals surface area contributed by atoms with Crippen molar-refractivity contribution >= 4 is 5.91 Å². The summed E-state index contributed by atoms with van der Waals surface area (Å²) in [5.74, 6) is 0.558. The normalized spacial score (nSPS) is 10.4. The molecule has 0 saturated heterocycles. The summed E-state index contributed by atoms with van der Waals surface area (Å²) in [6.07, 6.45) is 5.49. The lowest BCUT2D eigenvalue weighted by Crippen LogP contribution is -2.22. The van der Waals surface area contributed by atoms with Crippen LogP contribution >= 0.6 is 0 Å². The highest BCUT2D eigenvalue weighted by molar-refractivity contribution is 5.94. The first-order valence-corrected chi connectivity index (χ1v) is 7.70. The van der Waals surface area contributed by atoms with Gasteiger partial charge in [-0.1, -0.05) is 30.3 Å². The number of rotatable bonds is 6. The summed E-state index contributed by atoms with van der Waals surface area (Å²) in [6.45, 7) is 1.28. The Hall–Kier alpha value is -3.08. The predicted molar refractivity (Wildman–Crippen MR) is 91.9 cm³/mol. The third kappa shape index (κ3) is 4.01. The van der Waals surface area contributed by atoms with Gasteiger partial charge in [0.1, 0.15) is 5.75 Å². The van der Waals surface area contributed by atoms with E-state index in [-0.39, 0.29) is 5.91 Å². The van der Waals surface area contributed by atoms with Gasteiger partial charge in [-0.3, -0.25) is 4.79 Å². The Morgan fingerprint density at radius 2 is 1.96 bits per heavy atom. The number of carbonyl (C=O) groups is 1. The second-order valence-electron chi connectivity index (χ2n) is 5.47. The van der Waals surface area contributed by atoms with Crippen LogP contribution in [0.2, 0.25) is 0 Å². The summed E-state index contributed by atoms with van der Waals surface area (Å²) < 4.78 is 7.15. The number of aromatic nitrogens is 2. The van der Waals surface area contributed by atoms with Gasteiger partial charge in [0.25, 0.3) is 5.91 Å². The van der Waals surface area contributed by atoms with Crippen molar-refractivity contribution < 1.29 is 9.53 Å². The zero-order valence-electron chi connectivity index (χ0n) is 13.5. The quantitative estimate of drug-likeness (QED) is 0.759. The van der Waals surface area contributed by atoms with Gasteiger partial charge in [0, 0.05) is 31.0 Å². The molecule has 0 spiro atoms. The van der Waals surface area contributed by atoms with Crippen LogP contribution in [0.25, 0.3) is 0 Å². The Morgan fingerprint density at radius 1 is 1.17 bits per heavy atom. The summed E-state index contributed by atoms with van der Waals surface area (Å²) in [5, 5.41) is 2.92. The van der Waals surface area contributed by atoms with Crippen molar-refractivity contribution in [1.29, 1.82) is 0 Å². The van der Waals surface area contributed by atoms with Gasteiger partial charge in [-0.2, -0.15) is 0 Å². The minimum absolute atomic E-state index is 0.114. The minimum atomic E-state index is -0.114. The molecule has 5 heteroatoms. The summed E-state index contributed by atoms with van der Waals surface area (Å²) in [4.78, 5) is 16.2. The Bertz CT molecular complexity index is 796. The molecular weight excluding hydrogens is 302 g/mol. The molecule has 0 bridgehead atoms. The van der Waals surface area contributed by atoms with Gasteiger partial charge >= 0.3 is 0 Å². The molecule has 0 aliphatic rings. The third-order valence-electron chi connectivity index (χ3n) is 3.73. The molecule has 0 saturated carbocycles. The second kappa shape index (κ2) is 7.46. The topological polar surface area (TPSA) is 56.1 Å². The molecule has 5 nitrogen and oxygen atoms in total. The summed E-state index contributed by atoms with van der Waals surface area (Å²) in [6, 6.07) is 15.3. The van der Waals surface area contributed by atoms with E-state index in [0.29, 0.717) is 17.9 Å². The molecule has 1 N–H and O–H groups in total. The number of nitrogens with zero attached hydrogens (tertiary/aromatic N) is 2. The number of benzene rings is 2. The number of nitrogens with one attached hydrogen (secondary N) is 1. The van der Waals surface area contributed by atoms with E-state index >= 15 is 0 Å². The number of hydrogen-bond donors (Lipinski definition) is 1. The van der Waals surface area contributed by atoms with E-state index in [4.69, 9.17) is 4.74 Å². The molecule has 0 atom stereocenters. The summed E-state index contributed by atoms with van der Waals surface area (Å²) in [5.41, 5.74) is 2.84. The first kappa shape index (κ1) is 15.8. The summed E-state index contributed by atoms with van der Waals surface area (Å²) >= 11 is 0. The Balaban J connectivity index is 1.57. The molecule has 0 unspecified atom stereocenters. The fourth-order valence-corrected chi connectivity index (χ4v) is 2.40. The van der Waals surface area contributed by atoms with Crippen molar-refractivity contribution in [2.45, 2.75) is 13.1 Å². The smallest absolute Gasteiger partial charge is 0.251 e. The van der Waals surface area contributed by atoms with E-state index in [9.17, 15) is 4.79 Å². The number of methoxy groups -OCH3 is 1. The van der Waals surface area contributed by atoms with Gasteiger partial charge in [-0.25, -0.2) is 4.98 Å². The lowest BCUT2D eigenvalue weighted by molar-refractivity contribution is 0.0950. The number of amides is 1. The Labute approximate surface area is 140 Å². The van der Waals surface area contributed by atoms with Crippen LogP contribution in [0, 0.1) is 0 Å². The van der Waals surface area contributed by atoms with Crippen LogP contribution in [-0.4, -0.2) is 22.6 Å². The Kier molecular flexibility index (Phi) is 4.91. The maximum atomic E-state index is 12.2. The van der Waals surface area contributed by atoms with Crippen molar-refractivity contribution in [2.24, 2.45) is 0 Å². The van der Waals surface area contributed by atoms with Crippen LogP contribution in [-0.2, 0) is 13.1 Å². The van der Waals surface area contributed by atoms with Crippen molar-refractivity contribution in [1.82, 2.24) is 14.9 Å². The molecule has 0 aliphatic carbocycles. The summed E-state index contributed by atoms with van der Waals surface area (Å²) in [7, 11) is 1.59. The predicted octanol–water partition coefficient (Wildman–Crippen LogP) is 2.87. The lowest BCUT2D eigenvalue weighted by Gasteiger charge is -2.08. The lowest BCUT2D eigenvalue weighted by atomic mass is 10.1. The number of carbonyl (C=O) groups excluding carboxylic acids is 1. The van der Waals surface area contributed by atoms with Crippen LogP contribution in [0.3, 0.4) is 0 Å². The number of imidazole rings is 1. The fourth-order valence-electron chi connectivity index (χ4n) is 2.40. The minimum Gasteiger partial charge on any atom is -0.497 e. The van der Waals surface area contributed by atoms with Crippen LogP contribution < -0.4 is 10.1 Å². The van der Waals surface area contributed by atoms with E-state index in [1.165, 1.54) is 5.56 Å². The van der Waals surface area contributed by atoms with E-state index in [1.54, 1.807) is 37.8 Å². The fraction of sp³-hybridized carbons (Fsp3) is 0.158. The average molecular weight is 321 g/mol. The molecule has 0 radical (unpaired) electrons. The molecule has 0 fully saturated rings. The van der Waals surface area contributed by atoms with Gasteiger partial charge < -0.3 is 14.6 Å². The molecule has 1 aromatic heterocycles. The average Bonchev–Trinajstić information content (AvgIpc) is 3.14. The third-order valence-corrected chi connectivity index (χ3v) is 3.73. The SMILES string of the molecule is COc1cccc(C(=O)NCc2ccc(Cn3ccnc3)cc2)c1. The van der Waals surface area contributed by atoms with Gasteiger partial charge in [-0.05, 0) is 29.3 Å². The molecule has 1 amide bonds. The highest BCUT2D eigenvalue weighted by Gasteiger charge is 2.06. The highest BCUT2D eigenvalue weighted by Crippen LogP contribution is 2.13. The largest absolute Gasteiger partial charge is 0.497 e. The van der Waals surface area contributed by atoms with Gasteiger partial charge in [0.15, 0.2) is 0 Å². The molecule has 0 aliphatic heterocycles. The zero-order chi connectivity index (χ0) is 16.8. The van der Waals surface area contributed by atoms with Gasteiger partial charge in [0.2, 0.25) is 0 Å². The van der Waals surface area contributed by atoms with Crippen molar-refractivity contribution in [2.75, 3.05) is 7.11 Å². The van der Waals surface area contributed by atoms with E-state index in [2.05, 4.69) is 22.4 Å².